The summed E-state index contributed by atoms with van der Waals surface area (Å²) in [6.07, 6.45) is 1.26. The van der Waals surface area contributed by atoms with E-state index in [1.165, 1.54) is 17.0 Å². The highest BCUT2D eigenvalue weighted by molar-refractivity contribution is 6.31. The SMILES string of the molecule is CN(Cc1c(F)cccc1Cl)C(=O)CCCc1nc2ccccc2c(=O)[nH]1. The Balaban J connectivity index is 1.58. The fourth-order valence-electron chi connectivity index (χ4n) is 2.86. The molecule has 1 aromatic heterocycles. The summed E-state index contributed by atoms with van der Waals surface area (Å²) < 4.78 is 13.8. The van der Waals surface area contributed by atoms with Crippen LogP contribution in [-0.2, 0) is 17.8 Å². The number of fused-ring (bicyclic) bond motifs is 1. The third-order valence-corrected chi connectivity index (χ3v) is 4.70. The summed E-state index contributed by atoms with van der Waals surface area (Å²) in [5.41, 5.74) is 0.748. The molecule has 1 heterocycles. The number of rotatable bonds is 6. The third-order valence-electron chi connectivity index (χ3n) is 4.35. The summed E-state index contributed by atoms with van der Waals surface area (Å²) in [7, 11) is 1.61. The number of amides is 1. The van der Waals surface area contributed by atoms with Gasteiger partial charge in [0.15, 0.2) is 0 Å². The van der Waals surface area contributed by atoms with E-state index >= 15 is 0 Å². The van der Waals surface area contributed by atoms with Crippen LogP contribution in [0.25, 0.3) is 10.9 Å². The molecule has 2 aromatic carbocycles. The minimum absolute atomic E-state index is 0.107. The number of nitrogens with zero attached hydrogens (tertiary/aromatic N) is 2. The Morgan fingerprint density at radius 2 is 2.00 bits per heavy atom. The number of nitrogens with one attached hydrogen (secondary N) is 1. The van der Waals surface area contributed by atoms with Crippen molar-refractivity contribution in [1.82, 2.24) is 14.9 Å². The van der Waals surface area contributed by atoms with Crippen molar-refractivity contribution in [2.75, 3.05) is 7.05 Å². The third kappa shape index (κ3) is 4.52. The van der Waals surface area contributed by atoms with Crippen molar-refractivity contribution < 1.29 is 9.18 Å². The lowest BCUT2D eigenvalue weighted by Crippen LogP contribution is -2.26. The Morgan fingerprint density at radius 1 is 1.22 bits per heavy atom. The topological polar surface area (TPSA) is 66.1 Å². The van der Waals surface area contributed by atoms with E-state index in [1.54, 1.807) is 31.3 Å². The van der Waals surface area contributed by atoms with Gasteiger partial charge in [0.05, 0.1) is 10.9 Å². The van der Waals surface area contributed by atoms with Gasteiger partial charge in [-0.05, 0) is 30.7 Å². The first kappa shape index (κ1) is 19.0. The number of H-pyrrole nitrogens is 1. The molecular formula is C20H19ClFN3O2. The average Bonchev–Trinajstić information content (AvgIpc) is 2.64. The second-order valence-corrected chi connectivity index (χ2v) is 6.74. The predicted molar refractivity (Wildman–Crippen MR) is 103 cm³/mol. The summed E-state index contributed by atoms with van der Waals surface area (Å²) in [6.45, 7) is 0.107. The van der Waals surface area contributed by atoms with Crippen molar-refractivity contribution >= 4 is 28.4 Å². The Morgan fingerprint density at radius 3 is 2.78 bits per heavy atom. The number of aryl methyl sites for hydroxylation is 1. The lowest BCUT2D eigenvalue weighted by Gasteiger charge is -2.18. The molecule has 27 heavy (non-hydrogen) atoms. The molecule has 1 amide bonds. The lowest BCUT2D eigenvalue weighted by molar-refractivity contribution is -0.130. The summed E-state index contributed by atoms with van der Waals surface area (Å²) in [5, 5.41) is 0.839. The van der Waals surface area contributed by atoms with Crippen LogP contribution in [0.2, 0.25) is 5.02 Å². The van der Waals surface area contributed by atoms with Crippen molar-refractivity contribution in [3.63, 3.8) is 0 Å². The molecule has 0 aliphatic heterocycles. The highest BCUT2D eigenvalue weighted by atomic mass is 35.5. The van der Waals surface area contributed by atoms with Crippen LogP contribution in [0.3, 0.4) is 0 Å². The summed E-state index contributed by atoms with van der Waals surface area (Å²) >= 11 is 6.01. The standard InChI is InChI=1S/C20H19ClFN3O2/c1-25(12-14-15(21)7-4-8-16(14)22)19(26)11-5-10-18-23-17-9-3-2-6-13(17)20(27)24-18/h2-4,6-9H,5,10-12H2,1H3,(H,23,24,27). The smallest absolute Gasteiger partial charge is 0.258 e. The van der Waals surface area contributed by atoms with Crippen LogP contribution >= 0.6 is 11.6 Å². The molecule has 3 rings (SSSR count). The maximum absolute atomic E-state index is 13.8. The van der Waals surface area contributed by atoms with Gasteiger partial charge in [-0.3, -0.25) is 9.59 Å². The fourth-order valence-corrected chi connectivity index (χ4v) is 3.08. The maximum atomic E-state index is 13.8. The molecule has 3 aromatic rings. The average molecular weight is 388 g/mol. The number of aromatic amines is 1. The monoisotopic (exact) mass is 387 g/mol. The number of para-hydroxylation sites is 1. The number of carbonyl (C=O) groups is 1. The Labute approximate surface area is 160 Å². The van der Waals surface area contributed by atoms with Gasteiger partial charge in [-0.15, -0.1) is 0 Å². The second-order valence-electron chi connectivity index (χ2n) is 6.33. The molecule has 5 nitrogen and oxygen atoms in total. The van der Waals surface area contributed by atoms with E-state index in [-0.39, 0.29) is 24.4 Å². The van der Waals surface area contributed by atoms with Crippen LogP contribution in [-0.4, -0.2) is 27.8 Å². The van der Waals surface area contributed by atoms with Gasteiger partial charge in [-0.25, -0.2) is 9.37 Å². The van der Waals surface area contributed by atoms with Gasteiger partial charge in [0, 0.05) is 37.0 Å². The number of hydrogen-bond donors (Lipinski definition) is 1. The molecule has 0 fully saturated rings. The van der Waals surface area contributed by atoms with Gasteiger partial charge in [-0.2, -0.15) is 0 Å². The van der Waals surface area contributed by atoms with E-state index in [0.29, 0.717) is 40.2 Å². The van der Waals surface area contributed by atoms with Gasteiger partial charge < -0.3 is 9.88 Å². The Hall–Kier alpha value is -2.73. The van der Waals surface area contributed by atoms with E-state index < -0.39 is 5.82 Å². The maximum Gasteiger partial charge on any atom is 0.258 e. The predicted octanol–water partition coefficient (Wildman–Crippen LogP) is 3.70. The normalized spacial score (nSPS) is 10.9. The number of halogens is 2. The molecule has 0 bridgehead atoms. The van der Waals surface area contributed by atoms with Crippen molar-refractivity contribution in [2.24, 2.45) is 0 Å². The zero-order chi connectivity index (χ0) is 19.4. The van der Waals surface area contributed by atoms with Crippen LogP contribution in [0, 0.1) is 5.82 Å². The summed E-state index contributed by atoms with van der Waals surface area (Å²) in [4.78, 5) is 33.0. The fraction of sp³-hybridized carbons (Fsp3) is 0.250. The molecular weight excluding hydrogens is 369 g/mol. The minimum atomic E-state index is -0.430. The van der Waals surface area contributed by atoms with Gasteiger partial charge in [0.2, 0.25) is 5.91 Å². The molecule has 0 atom stereocenters. The van der Waals surface area contributed by atoms with Gasteiger partial charge in [0.25, 0.3) is 5.56 Å². The number of benzene rings is 2. The van der Waals surface area contributed by atoms with E-state index in [1.807, 2.05) is 6.07 Å². The van der Waals surface area contributed by atoms with Gasteiger partial charge in [0.1, 0.15) is 11.6 Å². The van der Waals surface area contributed by atoms with Crippen molar-refractivity contribution in [1.29, 1.82) is 0 Å². The summed E-state index contributed by atoms with van der Waals surface area (Å²) in [5.74, 6) is -0.0103. The number of aromatic nitrogens is 2. The second kappa shape index (κ2) is 8.31. The van der Waals surface area contributed by atoms with Crippen LogP contribution in [0.5, 0.6) is 0 Å². The quantitative estimate of drug-likeness (QED) is 0.701. The van der Waals surface area contributed by atoms with Crippen LogP contribution in [0.15, 0.2) is 47.3 Å². The zero-order valence-electron chi connectivity index (χ0n) is 14.8. The van der Waals surface area contributed by atoms with Crippen LogP contribution in [0.1, 0.15) is 24.2 Å². The molecule has 0 spiro atoms. The van der Waals surface area contributed by atoms with Crippen molar-refractivity contribution in [2.45, 2.75) is 25.8 Å². The molecule has 0 saturated heterocycles. The molecule has 140 valence electrons. The first-order valence-electron chi connectivity index (χ1n) is 8.60. The van der Waals surface area contributed by atoms with E-state index in [9.17, 15) is 14.0 Å². The minimum Gasteiger partial charge on any atom is -0.341 e. The molecule has 0 radical (unpaired) electrons. The van der Waals surface area contributed by atoms with Crippen LogP contribution in [0.4, 0.5) is 4.39 Å². The lowest BCUT2D eigenvalue weighted by atomic mass is 10.1. The first-order chi connectivity index (χ1) is 13.0. The van der Waals surface area contributed by atoms with Crippen LogP contribution < -0.4 is 5.56 Å². The highest BCUT2D eigenvalue weighted by Gasteiger charge is 2.14. The molecule has 0 saturated carbocycles. The highest BCUT2D eigenvalue weighted by Crippen LogP contribution is 2.20. The molecule has 0 aliphatic carbocycles. The largest absolute Gasteiger partial charge is 0.341 e. The Kier molecular flexibility index (Phi) is 5.86. The Bertz CT molecular complexity index is 1010. The number of carbonyl (C=O) groups excluding carboxylic acids is 1. The number of hydrogen-bond acceptors (Lipinski definition) is 3. The zero-order valence-corrected chi connectivity index (χ0v) is 15.6. The van der Waals surface area contributed by atoms with E-state index in [0.717, 1.165) is 0 Å². The molecule has 7 heteroatoms. The molecule has 0 aliphatic rings. The molecule has 1 N–H and O–H groups in total. The van der Waals surface area contributed by atoms with E-state index in [2.05, 4.69) is 9.97 Å². The molecule has 0 unspecified atom stereocenters. The first-order valence-corrected chi connectivity index (χ1v) is 8.98. The van der Waals surface area contributed by atoms with Crippen molar-refractivity contribution in [3.05, 3.63) is 75.0 Å². The van der Waals surface area contributed by atoms with Gasteiger partial charge >= 0.3 is 0 Å². The van der Waals surface area contributed by atoms with Gasteiger partial charge in [-0.1, -0.05) is 29.8 Å². The van der Waals surface area contributed by atoms with E-state index in [4.69, 9.17) is 11.6 Å². The summed E-state index contributed by atoms with van der Waals surface area (Å²) in [6, 6.07) is 11.6. The van der Waals surface area contributed by atoms with Crippen molar-refractivity contribution in [3.8, 4) is 0 Å².